The molecule has 6 nitrogen and oxygen atoms in total. The van der Waals surface area contributed by atoms with Crippen LogP contribution in [0, 0.1) is 5.92 Å². The van der Waals surface area contributed by atoms with E-state index in [9.17, 15) is 4.79 Å². The van der Waals surface area contributed by atoms with Crippen LogP contribution in [0.1, 0.15) is 23.2 Å². The Balaban J connectivity index is 1.58. The van der Waals surface area contributed by atoms with Gasteiger partial charge >= 0.3 is 0 Å². The maximum Gasteiger partial charge on any atom is 0.257 e. The van der Waals surface area contributed by atoms with Crippen molar-refractivity contribution in [2.75, 3.05) is 18.5 Å². The molecule has 0 atom stereocenters. The summed E-state index contributed by atoms with van der Waals surface area (Å²) >= 11 is 0. The third-order valence-electron chi connectivity index (χ3n) is 3.60. The van der Waals surface area contributed by atoms with Gasteiger partial charge in [0.05, 0.1) is 17.4 Å². The topological polar surface area (TPSA) is 69.0 Å². The highest BCUT2D eigenvalue weighted by molar-refractivity contribution is 6.03. The van der Waals surface area contributed by atoms with E-state index in [-0.39, 0.29) is 5.91 Å². The van der Waals surface area contributed by atoms with Crippen LogP contribution in [0.3, 0.4) is 0 Å². The van der Waals surface area contributed by atoms with Gasteiger partial charge in [-0.05, 0) is 30.9 Å². The number of amides is 1. The van der Waals surface area contributed by atoms with E-state index in [0.29, 0.717) is 17.2 Å². The van der Waals surface area contributed by atoms with Crippen LogP contribution in [0.4, 0.5) is 5.69 Å². The van der Waals surface area contributed by atoms with Gasteiger partial charge in [0.15, 0.2) is 0 Å². The summed E-state index contributed by atoms with van der Waals surface area (Å²) < 4.78 is 7.24. The molecule has 3 heterocycles. The Morgan fingerprint density at radius 1 is 1.38 bits per heavy atom. The molecule has 0 bridgehead atoms. The van der Waals surface area contributed by atoms with E-state index in [1.165, 1.54) is 0 Å². The van der Waals surface area contributed by atoms with E-state index >= 15 is 0 Å². The summed E-state index contributed by atoms with van der Waals surface area (Å²) in [6.45, 7) is 2.53. The molecule has 1 aliphatic rings. The quantitative estimate of drug-likeness (QED) is 0.932. The molecule has 1 N–H and O–H groups in total. The number of anilines is 1. The number of nitrogens with zero attached hydrogens (tertiary/aromatic N) is 3. The highest BCUT2D eigenvalue weighted by Gasteiger charge is 2.15. The summed E-state index contributed by atoms with van der Waals surface area (Å²) in [5.41, 5.74) is 1.24. The van der Waals surface area contributed by atoms with Gasteiger partial charge in [-0.2, -0.15) is 5.10 Å². The van der Waals surface area contributed by atoms with E-state index in [4.69, 9.17) is 4.74 Å². The lowest BCUT2D eigenvalue weighted by atomic mass is 10.0. The van der Waals surface area contributed by atoms with Crippen molar-refractivity contribution in [2.24, 2.45) is 5.92 Å². The Bertz CT molecular complexity index is 591. The van der Waals surface area contributed by atoms with Crippen LogP contribution in [0.2, 0.25) is 0 Å². The Hall–Kier alpha value is -2.21. The highest BCUT2D eigenvalue weighted by Crippen LogP contribution is 2.17. The molecule has 3 rings (SSSR count). The number of nitrogens with one attached hydrogen (secondary N) is 1. The number of aromatic nitrogens is 3. The number of ether oxygens (including phenoxy) is 1. The molecular formula is C15H18N4O2. The summed E-state index contributed by atoms with van der Waals surface area (Å²) in [5, 5.41) is 7.13. The van der Waals surface area contributed by atoms with E-state index in [1.807, 2.05) is 10.9 Å². The predicted octanol–water partition coefficient (Wildman–Crippen LogP) is 1.96. The van der Waals surface area contributed by atoms with Gasteiger partial charge in [0.1, 0.15) is 0 Å². The van der Waals surface area contributed by atoms with Crippen molar-refractivity contribution in [3.63, 3.8) is 0 Å². The number of carbonyl (C=O) groups excluding carboxylic acids is 1. The van der Waals surface area contributed by atoms with E-state index < -0.39 is 0 Å². The maximum atomic E-state index is 12.0. The summed E-state index contributed by atoms with van der Waals surface area (Å²) in [6, 6.07) is 3.47. The summed E-state index contributed by atoms with van der Waals surface area (Å²) in [6.07, 6.45) is 8.86. The van der Waals surface area contributed by atoms with Gasteiger partial charge in [-0.1, -0.05) is 0 Å². The molecule has 0 radical (unpaired) electrons. The molecule has 21 heavy (non-hydrogen) atoms. The Morgan fingerprint density at radius 2 is 2.24 bits per heavy atom. The fourth-order valence-corrected chi connectivity index (χ4v) is 2.42. The lowest BCUT2D eigenvalue weighted by Gasteiger charge is -2.21. The zero-order valence-electron chi connectivity index (χ0n) is 11.7. The van der Waals surface area contributed by atoms with Crippen molar-refractivity contribution in [1.82, 2.24) is 14.8 Å². The minimum Gasteiger partial charge on any atom is -0.381 e. The molecule has 6 heteroatoms. The fraction of sp³-hybridized carbons (Fsp3) is 0.400. The number of rotatable bonds is 4. The standard InChI is InChI=1S/C15H18N4O2/c20-15(13-2-1-5-16-8-13)18-14-9-17-19(11-14)10-12-3-6-21-7-4-12/h1-2,5,8-9,11-12H,3-4,6-7,10H2,(H,18,20). The molecule has 1 saturated heterocycles. The Kier molecular flexibility index (Phi) is 4.25. The number of pyridine rings is 1. The maximum absolute atomic E-state index is 12.0. The van der Waals surface area contributed by atoms with Gasteiger partial charge in [0.25, 0.3) is 5.91 Å². The molecule has 2 aromatic rings. The van der Waals surface area contributed by atoms with Crippen molar-refractivity contribution in [1.29, 1.82) is 0 Å². The highest BCUT2D eigenvalue weighted by atomic mass is 16.5. The first-order valence-corrected chi connectivity index (χ1v) is 7.13. The molecule has 0 spiro atoms. The third-order valence-corrected chi connectivity index (χ3v) is 3.60. The van der Waals surface area contributed by atoms with Crippen LogP contribution in [-0.2, 0) is 11.3 Å². The number of carbonyl (C=O) groups is 1. The molecule has 0 unspecified atom stereocenters. The fourth-order valence-electron chi connectivity index (χ4n) is 2.42. The molecule has 1 amide bonds. The first-order chi connectivity index (χ1) is 10.3. The van der Waals surface area contributed by atoms with Crippen LogP contribution >= 0.6 is 0 Å². The van der Waals surface area contributed by atoms with Gasteiger partial charge in [-0.15, -0.1) is 0 Å². The second kappa shape index (κ2) is 6.49. The molecule has 0 saturated carbocycles. The van der Waals surface area contributed by atoms with Crippen molar-refractivity contribution < 1.29 is 9.53 Å². The van der Waals surface area contributed by atoms with Gasteiger partial charge < -0.3 is 10.1 Å². The molecule has 1 fully saturated rings. The van der Waals surface area contributed by atoms with E-state index in [2.05, 4.69) is 15.4 Å². The minimum atomic E-state index is -0.172. The largest absolute Gasteiger partial charge is 0.381 e. The monoisotopic (exact) mass is 286 g/mol. The second-order valence-corrected chi connectivity index (χ2v) is 5.20. The minimum absolute atomic E-state index is 0.172. The van der Waals surface area contributed by atoms with Crippen LogP contribution in [0.15, 0.2) is 36.9 Å². The van der Waals surface area contributed by atoms with Crippen LogP contribution in [-0.4, -0.2) is 33.9 Å². The zero-order valence-corrected chi connectivity index (χ0v) is 11.7. The van der Waals surface area contributed by atoms with Gasteiger partial charge in [-0.3, -0.25) is 14.5 Å². The van der Waals surface area contributed by atoms with E-state index in [1.54, 1.807) is 30.7 Å². The lowest BCUT2D eigenvalue weighted by Crippen LogP contribution is -2.20. The molecule has 1 aliphatic heterocycles. The predicted molar refractivity (Wildman–Crippen MR) is 78.0 cm³/mol. The average Bonchev–Trinajstić information content (AvgIpc) is 2.96. The average molecular weight is 286 g/mol. The first kappa shape index (κ1) is 13.8. The lowest BCUT2D eigenvalue weighted by molar-refractivity contribution is 0.0601. The molecule has 0 aromatic carbocycles. The normalized spacial score (nSPS) is 15.8. The smallest absolute Gasteiger partial charge is 0.257 e. The van der Waals surface area contributed by atoms with Gasteiger partial charge in [-0.25, -0.2) is 0 Å². The van der Waals surface area contributed by atoms with Gasteiger partial charge in [0.2, 0.25) is 0 Å². The molecular weight excluding hydrogens is 268 g/mol. The SMILES string of the molecule is O=C(Nc1cnn(CC2CCOCC2)c1)c1cccnc1. The van der Waals surface area contributed by atoms with Crippen molar-refractivity contribution >= 4 is 11.6 Å². The number of hydrogen-bond acceptors (Lipinski definition) is 4. The van der Waals surface area contributed by atoms with Crippen molar-refractivity contribution in [3.8, 4) is 0 Å². The molecule has 2 aromatic heterocycles. The van der Waals surface area contributed by atoms with Crippen molar-refractivity contribution in [3.05, 3.63) is 42.5 Å². The third kappa shape index (κ3) is 3.66. The molecule has 110 valence electrons. The number of hydrogen-bond donors (Lipinski definition) is 1. The summed E-state index contributed by atoms with van der Waals surface area (Å²) in [4.78, 5) is 15.9. The Labute approximate surface area is 123 Å². The van der Waals surface area contributed by atoms with E-state index in [0.717, 1.165) is 32.6 Å². The Morgan fingerprint density at radius 3 is 3.00 bits per heavy atom. The van der Waals surface area contributed by atoms with Crippen LogP contribution in [0.5, 0.6) is 0 Å². The first-order valence-electron chi connectivity index (χ1n) is 7.13. The van der Waals surface area contributed by atoms with Crippen LogP contribution < -0.4 is 5.32 Å². The zero-order chi connectivity index (χ0) is 14.5. The second-order valence-electron chi connectivity index (χ2n) is 5.20. The van der Waals surface area contributed by atoms with Gasteiger partial charge in [0, 0.05) is 38.3 Å². The van der Waals surface area contributed by atoms with Crippen LogP contribution in [0.25, 0.3) is 0 Å². The summed E-state index contributed by atoms with van der Waals surface area (Å²) in [5.74, 6) is 0.425. The molecule has 0 aliphatic carbocycles. The van der Waals surface area contributed by atoms with Crippen molar-refractivity contribution in [2.45, 2.75) is 19.4 Å². The summed E-state index contributed by atoms with van der Waals surface area (Å²) in [7, 11) is 0.